The summed E-state index contributed by atoms with van der Waals surface area (Å²) in [5.41, 5.74) is 1.46. The fraction of sp³-hybridized carbons (Fsp3) is 0.571. The molecule has 1 aromatic carbocycles. The van der Waals surface area contributed by atoms with Gasteiger partial charge in [0.1, 0.15) is 0 Å². The summed E-state index contributed by atoms with van der Waals surface area (Å²) in [5.74, 6) is 0. The maximum Gasteiger partial charge on any atom is 0.0233 e. The highest BCUT2D eigenvalue weighted by molar-refractivity contribution is 5.14. The van der Waals surface area contributed by atoms with E-state index in [1.165, 1.54) is 50.8 Å². The van der Waals surface area contributed by atoms with Crippen molar-refractivity contribution < 1.29 is 0 Å². The van der Waals surface area contributed by atoms with E-state index in [4.69, 9.17) is 0 Å². The van der Waals surface area contributed by atoms with E-state index in [9.17, 15) is 0 Å². The van der Waals surface area contributed by atoms with Gasteiger partial charge in [-0.1, -0.05) is 49.6 Å². The standard InChI is InChI=1S/C14H21N/c1-2-7-11-15(12-8-3-1)13-14-9-5-4-6-10-14/h4-6,9-10H,1-3,7-8,11-13H2. The Morgan fingerprint density at radius 1 is 0.800 bits per heavy atom. The van der Waals surface area contributed by atoms with Crippen molar-refractivity contribution in [1.29, 1.82) is 0 Å². The van der Waals surface area contributed by atoms with Gasteiger partial charge in [0.05, 0.1) is 0 Å². The predicted molar refractivity (Wildman–Crippen MR) is 64.8 cm³/mol. The zero-order valence-corrected chi connectivity index (χ0v) is 9.49. The monoisotopic (exact) mass is 203 g/mol. The van der Waals surface area contributed by atoms with Crippen molar-refractivity contribution in [2.45, 2.75) is 38.6 Å². The Hall–Kier alpha value is -0.820. The van der Waals surface area contributed by atoms with E-state index in [-0.39, 0.29) is 0 Å². The largest absolute Gasteiger partial charge is 0.299 e. The van der Waals surface area contributed by atoms with Gasteiger partial charge < -0.3 is 0 Å². The van der Waals surface area contributed by atoms with Gasteiger partial charge in [-0.05, 0) is 31.5 Å². The molecule has 15 heavy (non-hydrogen) atoms. The first-order valence-electron chi connectivity index (χ1n) is 6.21. The average Bonchev–Trinajstić information content (AvgIpc) is 2.23. The zero-order valence-electron chi connectivity index (χ0n) is 9.49. The summed E-state index contributed by atoms with van der Waals surface area (Å²) in [7, 11) is 0. The van der Waals surface area contributed by atoms with Gasteiger partial charge in [-0.2, -0.15) is 0 Å². The summed E-state index contributed by atoms with van der Waals surface area (Å²) in [5, 5.41) is 0. The second kappa shape index (κ2) is 5.92. The van der Waals surface area contributed by atoms with Crippen molar-refractivity contribution in [1.82, 2.24) is 4.90 Å². The predicted octanol–water partition coefficient (Wildman–Crippen LogP) is 3.45. The van der Waals surface area contributed by atoms with Gasteiger partial charge in [0.25, 0.3) is 0 Å². The van der Waals surface area contributed by atoms with Crippen LogP contribution >= 0.6 is 0 Å². The van der Waals surface area contributed by atoms with Gasteiger partial charge in [-0.15, -0.1) is 0 Å². The molecule has 0 atom stereocenters. The van der Waals surface area contributed by atoms with Crippen molar-refractivity contribution in [3.05, 3.63) is 35.9 Å². The van der Waals surface area contributed by atoms with E-state index in [2.05, 4.69) is 35.2 Å². The van der Waals surface area contributed by atoms with Crippen LogP contribution in [0.25, 0.3) is 0 Å². The summed E-state index contributed by atoms with van der Waals surface area (Å²) >= 11 is 0. The summed E-state index contributed by atoms with van der Waals surface area (Å²) in [6.45, 7) is 3.71. The Balaban J connectivity index is 1.86. The molecule has 1 saturated heterocycles. The molecule has 2 rings (SSSR count). The maximum absolute atomic E-state index is 2.61. The van der Waals surface area contributed by atoms with Gasteiger partial charge >= 0.3 is 0 Å². The van der Waals surface area contributed by atoms with Crippen LogP contribution in [0.4, 0.5) is 0 Å². The lowest BCUT2D eigenvalue weighted by Gasteiger charge is -2.24. The van der Waals surface area contributed by atoms with Crippen LogP contribution in [0.3, 0.4) is 0 Å². The molecule has 1 aliphatic heterocycles. The van der Waals surface area contributed by atoms with E-state index < -0.39 is 0 Å². The van der Waals surface area contributed by atoms with Crippen LogP contribution in [-0.4, -0.2) is 18.0 Å². The van der Waals surface area contributed by atoms with E-state index in [1.54, 1.807) is 0 Å². The third kappa shape index (κ3) is 3.67. The third-order valence-electron chi connectivity index (χ3n) is 3.20. The van der Waals surface area contributed by atoms with Crippen molar-refractivity contribution in [3.63, 3.8) is 0 Å². The van der Waals surface area contributed by atoms with Crippen molar-refractivity contribution >= 4 is 0 Å². The first-order valence-corrected chi connectivity index (χ1v) is 6.21. The Kier molecular flexibility index (Phi) is 4.22. The van der Waals surface area contributed by atoms with Gasteiger partial charge in [0.2, 0.25) is 0 Å². The van der Waals surface area contributed by atoms with E-state index in [1.807, 2.05) is 0 Å². The zero-order chi connectivity index (χ0) is 10.3. The van der Waals surface area contributed by atoms with Crippen LogP contribution in [0, 0.1) is 0 Å². The summed E-state index contributed by atoms with van der Waals surface area (Å²) in [4.78, 5) is 2.61. The normalized spacial score (nSPS) is 19.5. The van der Waals surface area contributed by atoms with Gasteiger partial charge in [-0.3, -0.25) is 4.90 Å². The third-order valence-corrected chi connectivity index (χ3v) is 3.20. The Labute approximate surface area is 93.1 Å². The molecule has 1 aliphatic rings. The van der Waals surface area contributed by atoms with Gasteiger partial charge in [0, 0.05) is 6.54 Å². The molecule has 0 unspecified atom stereocenters. The topological polar surface area (TPSA) is 3.24 Å². The molecular formula is C14H21N. The van der Waals surface area contributed by atoms with E-state index in [0.717, 1.165) is 6.54 Å². The second-order valence-corrected chi connectivity index (χ2v) is 4.53. The lowest BCUT2D eigenvalue weighted by atomic mass is 10.1. The summed E-state index contributed by atoms with van der Waals surface area (Å²) in [6, 6.07) is 10.8. The molecule has 0 saturated carbocycles. The molecule has 82 valence electrons. The van der Waals surface area contributed by atoms with Crippen LogP contribution < -0.4 is 0 Å². The number of nitrogens with zero attached hydrogens (tertiary/aromatic N) is 1. The Bertz CT molecular complexity index is 260. The van der Waals surface area contributed by atoms with Gasteiger partial charge in [0.15, 0.2) is 0 Å². The molecule has 0 amide bonds. The molecule has 0 N–H and O–H groups in total. The number of rotatable bonds is 2. The molecule has 1 nitrogen and oxygen atoms in total. The highest BCUT2D eigenvalue weighted by Gasteiger charge is 2.07. The smallest absolute Gasteiger partial charge is 0.0233 e. The molecule has 0 bridgehead atoms. The molecule has 1 heterocycles. The molecule has 0 spiro atoms. The number of hydrogen-bond acceptors (Lipinski definition) is 1. The molecule has 1 aromatic rings. The average molecular weight is 203 g/mol. The van der Waals surface area contributed by atoms with Crippen molar-refractivity contribution in [2.24, 2.45) is 0 Å². The van der Waals surface area contributed by atoms with Crippen LogP contribution in [0.15, 0.2) is 30.3 Å². The van der Waals surface area contributed by atoms with E-state index in [0.29, 0.717) is 0 Å². The Morgan fingerprint density at radius 3 is 2.07 bits per heavy atom. The van der Waals surface area contributed by atoms with E-state index >= 15 is 0 Å². The molecule has 1 fully saturated rings. The lowest BCUT2D eigenvalue weighted by Crippen LogP contribution is -2.26. The highest BCUT2D eigenvalue weighted by Crippen LogP contribution is 2.13. The number of hydrogen-bond donors (Lipinski definition) is 0. The molecule has 0 aromatic heterocycles. The first kappa shape index (κ1) is 10.7. The minimum absolute atomic E-state index is 1.14. The minimum Gasteiger partial charge on any atom is -0.299 e. The van der Waals surface area contributed by atoms with Crippen LogP contribution in [-0.2, 0) is 6.54 Å². The minimum atomic E-state index is 1.14. The SMILES string of the molecule is c1ccc(CN2CCCCCCC2)cc1. The van der Waals surface area contributed by atoms with Crippen molar-refractivity contribution in [2.75, 3.05) is 13.1 Å². The first-order chi connectivity index (χ1) is 7.45. The second-order valence-electron chi connectivity index (χ2n) is 4.53. The van der Waals surface area contributed by atoms with Crippen molar-refractivity contribution in [3.8, 4) is 0 Å². The fourth-order valence-corrected chi connectivity index (χ4v) is 2.31. The fourth-order valence-electron chi connectivity index (χ4n) is 2.31. The molecular weight excluding hydrogens is 182 g/mol. The number of benzene rings is 1. The Morgan fingerprint density at radius 2 is 1.40 bits per heavy atom. The maximum atomic E-state index is 2.61. The number of likely N-dealkylation sites (tertiary alicyclic amines) is 1. The molecule has 0 radical (unpaired) electrons. The molecule has 0 aliphatic carbocycles. The van der Waals surface area contributed by atoms with Crippen LogP contribution in [0.2, 0.25) is 0 Å². The highest BCUT2D eigenvalue weighted by atomic mass is 15.1. The van der Waals surface area contributed by atoms with Gasteiger partial charge in [-0.25, -0.2) is 0 Å². The summed E-state index contributed by atoms with van der Waals surface area (Å²) in [6.07, 6.45) is 7.05. The summed E-state index contributed by atoms with van der Waals surface area (Å²) < 4.78 is 0. The quantitative estimate of drug-likeness (QED) is 0.711. The van der Waals surface area contributed by atoms with Crippen LogP contribution in [0.5, 0.6) is 0 Å². The lowest BCUT2D eigenvalue weighted by molar-refractivity contribution is 0.240. The molecule has 1 heteroatoms. The van der Waals surface area contributed by atoms with Crippen LogP contribution in [0.1, 0.15) is 37.7 Å².